The predicted molar refractivity (Wildman–Crippen MR) is 243 cm³/mol. The van der Waals surface area contributed by atoms with Gasteiger partial charge in [0.15, 0.2) is 0 Å². The van der Waals surface area contributed by atoms with Crippen LogP contribution in [-0.4, -0.2) is 46.1 Å². The van der Waals surface area contributed by atoms with Crippen LogP contribution in [0.4, 0.5) is 0 Å². The van der Waals surface area contributed by atoms with Crippen LogP contribution in [0.2, 0.25) is 0 Å². The Morgan fingerprint density at radius 2 is 0.607 bits per heavy atom. The third-order valence-electron chi connectivity index (χ3n) is 19.7. The molecule has 0 aliphatic heterocycles. The van der Waals surface area contributed by atoms with E-state index in [-0.39, 0.29) is 0 Å². The van der Waals surface area contributed by atoms with Crippen molar-refractivity contribution in [1.29, 1.82) is 0 Å². The van der Waals surface area contributed by atoms with E-state index in [0.29, 0.717) is 10.8 Å². The van der Waals surface area contributed by atoms with Crippen molar-refractivity contribution in [3.05, 3.63) is 0 Å². The summed E-state index contributed by atoms with van der Waals surface area (Å²) in [4.78, 5) is 7.03. The Morgan fingerprint density at radius 3 is 0.893 bits per heavy atom. The van der Waals surface area contributed by atoms with Gasteiger partial charge >= 0.3 is 0 Å². The fourth-order valence-corrected chi connectivity index (χ4v) is 17.2. The van der Waals surface area contributed by atoms with Gasteiger partial charge in [0, 0.05) is 36.3 Å². The minimum absolute atomic E-state index is 0.402. The van der Waals surface area contributed by atoms with E-state index in [4.69, 9.17) is 0 Å². The van der Waals surface area contributed by atoms with Crippen LogP contribution < -0.4 is 0 Å². The van der Waals surface area contributed by atoms with Gasteiger partial charge in [0.2, 0.25) is 0 Å². The maximum atomic E-state index is 3.52. The summed E-state index contributed by atoms with van der Waals surface area (Å²) in [6.07, 6.45) is 26.5. The van der Waals surface area contributed by atoms with E-state index in [1.165, 1.54) is 116 Å². The topological polar surface area (TPSA) is 6.48 Å². The lowest BCUT2D eigenvalue weighted by Crippen LogP contribution is -2.71. The molecule has 7 saturated carbocycles. The first-order valence-electron chi connectivity index (χ1n) is 25.9. The Balaban J connectivity index is 1.40. The second-order valence-electron chi connectivity index (χ2n) is 26.2. The van der Waals surface area contributed by atoms with E-state index in [9.17, 15) is 0 Å². The number of hydrogen-bond donors (Lipinski definition) is 0. The SMILES string of the molecule is CC1CCC(N(C2C(C)CC(C)CC2C)C2C3CCC(C(C)(C)C)CC3C(N(C3CCC(C)CC3)C3C(C)CC(C)CC3C)C3CCC(C(C)(C)C)CC32)CC1. The van der Waals surface area contributed by atoms with Gasteiger partial charge in [-0.2, -0.15) is 0 Å². The molecule has 0 spiro atoms. The van der Waals surface area contributed by atoms with Crippen molar-refractivity contribution in [3.63, 3.8) is 0 Å². The molecule has 324 valence electrons. The van der Waals surface area contributed by atoms with Crippen LogP contribution in [0.15, 0.2) is 0 Å². The largest absolute Gasteiger partial charge is 0.293 e. The molecule has 12 atom stereocenters. The second-order valence-corrected chi connectivity index (χ2v) is 26.2. The molecule has 0 aromatic rings. The lowest BCUT2D eigenvalue weighted by molar-refractivity contribution is -0.180. The number of rotatable bonds is 6. The fraction of sp³-hybridized carbons (Fsp3) is 1.00. The van der Waals surface area contributed by atoms with Crippen molar-refractivity contribution < 1.29 is 0 Å². The molecule has 7 rings (SSSR count). The summed E-state index contributed by atoms with van der Waals surface area (Å²) in [5.74, 6) is 12.1. The summed E-state index contributed by atoms with van der Waals surface area (Å²) < 4.78 is 0. The second kappa shape index (κ2) is 17.4. The number of nitrogens with zero attached hydrogens (tertiary/aromatic N) is 2. The maximum absolute atomic E-state index is 3.52. The van der Waals surface area contributed by atoms with Gasteiger partial charge in [-0.15, -0.1) is 0 Å². The summed E-state index contributed by atoms with van der Waals surface area (Å²) in [6.45, 7) is 37.0. The van der Waals surface area contributed by atoms with E-state index in [1.54, 1.807) is 0 Å². The first kappa shape index (κ1) is 44.0. The molecule has 0 saturated heterocycles. The first-order valence-corrected chi connectivity index (χ1v) is 25.9. The summed E-state index contributed by atoms with van der Waals surface area (Å²) in [6, 6.07) is 4.76. The predicted octanol–water partition coefficient (Wildman–Crippen LogP) is 14.8. The van der Waals surface area contributed by atoms with Crippen LogP contribution in [0.25, 0.3) is 0 Å². The van der Waals surface area contributed by atoms with E-state index < -0.39 is 0 Å². The summed E-state index contributed by atoms with van der Waals surface area (Å²) in [5.41, 5.74) is 0.804. The first-order chi connectivity index (χ1) is 26.3. The highest BCUT2D eigenvalue weighted by Crippen LogP contribution is 2.61. The van der Waals surface area contributed by atoms with Gasteiger partial charge in [-0.1, -0.05) is 96.9 Å². The zero-order chi connectivity index (χ0) is 40.4. The monoisotopic (exact) mass is 775 g/mol. The molecule has 7 aliphatic rings. The summed E-state index contributed by atoms with van der Waals surface area (Å²) in [5, 5.41) is 0. The molecule has 0 aromatic carbocycles. The lowest BCUT2D eigenvalue weighted by atomic mass is 9.48. The van der Waals surface area contributed by atoms with Crippen LogP contribution in [0.5, 0.6) is 0 Å². The van der Waals surface area contributed by atoms with E-state index in [2.05, 4.69) is 107 Å². The van der Waals surface area contributed by atoms with Crippen LogP contribution in [0, 0.1) is 93.7 Å². The van der Waals surface area contributed by atoms with Gasteiger partial charge in [0.05, 0.1) is 0 Å². The van der Waals surface area contributed by atoms with Gasteiger partial charge < -0.3 is 0 Å². The van der Waals surface area contributed by atoms with Gasteiger partial charge in [-0.3, -0.25) is 9.80 Å². The molecular formula is C54H98N2. The lowest BCUT2D eigenvalue weighted by Gasteiger charge is -2.67. The molecule has 7 fully saturated rings. The van der Waals surface area contributed by atoms with Crippen molar-refractivity contribution in [1.82, 2.24) is 9.80 Å². The molecule has 0 amide bonds. The summed E-state index contributed by atoms with van der Waals surface area (Å²) in [7, 11) is 0. The number of hydrogen-bond acceptors (Lipinski definition) is 2. The minimum atomic E-state index is 0.402. The molecule has 0 aromatic heterocycles. The Hall–Kier alpha value is -0.0800. The quantitative estimate of drug-likeness (QED) is 0.265. The zero-order valence-electron chi connectivity index (χ0n) is 40.2. The van der Waals surface area contributed by atoms with E-state index in [0.717, 1.165) is 119 Å². The van der Waals surface area contributed by atoms with Crippen molar-refractivity contribution in [2.24, 2.45) is 93.7 Å². The Morgan fingerprint density at radius 1 is 0.304 bits per heavy atom. The molecule has 2 nitrogen and oxygen atoms in total. The maximum Gasteiger partial charge on any atom is 0.0164 e. The smallest absolute Gasteiger partial charge is 0.0164 e. The van der Waals surface area contributed by atoms with Crippen molar-refractivity contribution in [2.75, 3.05) is 0 Å². The highest BCUT2D eigenvalue weighted by Gasteiger charge is 2.61. The molecule has 0 bridgehead atoms. The van der Waals surface area contributed by atoms with Gasteiger partial charge in [-0.05, 0) is 209 Å². The summed E-state index contributed by atoms with van der Waals surface area (Å²) >= 11 is 0. The third kappa shape index (κ3) is 8.95. The fourth-order valence-electron chi connectivity index (χ4n) is 17.2. The Kier molecular flexibility index (Phi) is 13.6. The van der Waals surface area contributed by atoms with E-state index >= 15 is 0 Å². The average Bonchev–Trinajstić information content (AvgIpc) is 3.10. The third-order valence-corrected chi connectivity index (χ3v) is 19.7. The molecule has 0 heterocycles. The standard InChI is InChI=1S/C54H98N2/c1-33-15-21-43(22-16-33)55(49-37(5)27-35(3)28-38(49)6)51-45-25-19-42(54(12,13)14)32-48(45)52(46-26-20-41(31-47(46)51)53(9,10)11)56(44-23-17-34(2)18-24-44)50-39(7)29-36(4)30-40(50)8/h33-52H,15-32H2,1-14H3. The van der Waals surface area contributed by atoms with Gasteiger partial charge in [0.1, 0.15) is 0 Å². The normalized spacial score (nSPS) is 49.7. The minimum Gasteiger partial charge on any atom is -0.293 e. The van der Waals surface area contributed by atoms with Crippen LogP contribution in [0.1, 0.15) is 213 Å². The average molecular weight is 775 g/mol. The highest BCUT2D eigenvalue weighted by molar-refractivity contribution is 5.13. The Labute approximate surface area is 351 Å². The molecule has 2 heteroatoms. The molecule has 0 radical (unpaired) electrons. The van der Waals surface area contributed by atoms with Crippen molar-refractivity contribution >= 4 is 0 Å². The van der Waals surface area contributed by atoms with Crippen molar-refractivity contribution in [2.45, 2.75) is 249 Å². The van der Waals surface area contributed by atoms with Crippen LogP contribution >= 0.6 is 0 Å². The van der Waals surface area contributed by atoms with Gasteiger partial charge in [-0.25, -0.2) is 0 Å². The zero-order valence-corrected chi connectivity index (χ0v) is 40.2. The van der Waals surface area contributed by atoms with E-state index in [1.807, 2.05) is 0 Å². The molecule has 7 aliphatic carbocycles. The highest BCUT2D eigenvalue weighted by atomic mass is 15.3. The van der Waals surface area contributed by atoms with Gasteiger partial charge in [0.25, 0.3) is 0 Å². The Bertz CT molecular complexity index is 1120. The molecule has 0 N–H and O–H groups in total. The number of fused-ring (bicyclic) bond motifs is 2. The van der Waals surface area contributed by atoms with Crippen LogP contribution in [-0.2, 0) is 0 Å². The molecule has 12 unspecified atom stereocenters. The molecule has 56 heavy (non-hydrogen) atoms. The molecular weight excluding hydrogens is 677 g/mol. The van der Waals surface area contributed by atoms with Crippen molar-refractivity contribution in [3.8, 4) is 0 Å². The van der Waals surface area contributed by atoms with Crippen LogP contribution in [0.3, 0.4) is 0 Å².